The Hall–Kier alpha value is -1.31. The molecule has 2 heteroatoms. The van der Waals surface area contributed by atoms with Crippen molar-refractivity contribution in [2.45, 2.75) is 52.6 Å². The smallest absolute Gasteiger partial charge is 0.162 e. The van der Waals surface area contributed by atoms with Gasteiger partial charge in [-0.05, 0) is 51.5 Å². The summed E-state index contributed by atoms with van der Waals surface area (Å²) in [7, 11) is 0. The van der Waals surface area contributed by atoms with Gasteiger partial charge in [-0.15, -0.1) is 0 Å². The Bertz CT molecular complexity index is 358. The number of ether oxygens (including phenoxy) is 1. The molecule has 0 aliphatic carbocycles. The van der Waals surface area contributed by atoms with Gasteiger partial charge in [0.25, 0.3) is 0 Å². The molecule has 0 aliphatic heterocycles. The quantitative estimate of drug-likeness (QED) is 0.712. The van der Waals surface area contributed by atoms with Crippen LogP contribution < -0.4 is 4.74 Å². The topological polar surface area (TPSA) is 26.3 Å². The highest BCUT2D eigenvalue weighted by atomic mass is 16.5. The van der Waals surface area contributed by atoms with E-state index in [1.54, 1.807) is 0 Å². The lowest BCUT2D eigenvalue weighted by Crippen LogP contribution is -2.22. The number of benzene rings is 1. The second-order valence-corrected chi connectivity index (χ2v) is 5.27. The zero-order valence-electron chi connectivity index (χ0n) is 11.2. The molecule has 1 aromatic rings. The average molecular weight is 234 g/mol. The molecule has 0 saturated carbocycles. The van der Waals surface area contributed by atoms with Gasteiger partial charge in [0.15, 0.2) is 5.78 Å². The van der Waals surface area contributed by atoms with Crippen LogP contribution in [-0.4, -0.2) is 11.4 Å². The number of carbonyl (C=O) groups excluding carboxylic acids is 1. The summed E-state index contributed by atoms with van der Waals surface area (Å²) in [5.41, 5.74) is 0.577. The summed E-state index contributed by atoms with van der Waals surface area (Å²) in [6, 6.07) is 7.42. The largest absolute Gasteiger partial charge is 0.488 e. The first kappa shape index (κ1) is 13.8. The Morgan fingerprint density at radius 2 is 1.76 bits per heavy atom. The Kier molecular flexibility index (Phi) is 4.73. The van der Waals surface area contributed by atoms with Gasteiger partial charge in [0.2, 0.25) is 0 Å². The molecule has 0 aromatic heterocycles. The van der Waals surface area contributed by atoms with Crippen molar-refractivity contribution in [2.75, 3.05) is 0 Å². The molecule has 0 spiro atoms. The number of rotatable bonds is 5. The molecule has 0 unspecified atom stereocenters. The van der Waals surface area contributed by atoms with Gasteiger partial charge in [-0.1, -0.05) is 13.3 Å². The molecule has 1 aromatic carbocycles. The van der Waals surface area contributed by atoms with Gasteiger partial charge in [-0.25, -0.2) is 0 Å². The van der Waals surface area contributed by atoms with Crippen LogP contribution in [0.15, 0.2) is 24.3 Å². The van der Waals surface area contributed by atoms with Gasteiger partial charge in [-0.2, -0.15) is 0 Å². The number of carbonyl (C=O) groups is 1. The zero-order chi connectivity index (χ0) is 12.9. The fourth-order valence-electron chi connectivity index (χ4n) is 1.54. The van der Waals surface area contributed by atoms with Crippen LogP contribution >= 0.6 is 0 Å². The summed E-state index contributed by atoms with van der Waals surface area (Å²) < 4.78 is 5.71. The van der Waals surface area contributed by atoms with E-state index in [2.05, 4.69) is 6.92 Å². The third-order valence-corrected chi connectivity index (χ3v) is 2.36. The second-order valence-electron chi connectivity index (χ2n) is 5.27. The van der Waals surface area contributed by atoms with Gasteiger partial charge in [0, 0.05) is 12.0 Å². The highest BCUT2D eigenvalue weighted by molar-refractivity contribution is 5.96. The van der Waals surface area contributed by atoms with Crippen LogP contribution in [0.4, 0.5) is 0 Å². The van der Waals surface area contributed by atoms with Crippen molar-refractivity contribution in [2.24, 2.45) is 0 Å². The normalized spacial score (nSPS) is 11.3. The molecule has 0 amide bonds. The number of hydrogen-bond donors (Lipinski definition) is 0. The molecular weight excluding hydrogens is 212 g/mol. The predicted molar refractivity (Wildman–Crippen MR) is 70.7 cm³/mol. The maximum atomic E-state index is 11.8. The minimum atomic E-state index is -0.201. The summed E-state index contributed by atoms with van der Waals surface area (Å²) in [5.74, 6) is 1.03. The van der Waals surface area contributed by atoms with E-state index >= 15 is 0 Å². The van der Waals surface area contributed by atoms with E-state index in [1.165, 1.54) is 0 Å². The van der Waals surface area contributed by atoms with E-state index in [-0.39, 0.29) is 11.4 Å². The van der Waals surface area contributed by atoms with Crippen LogP contribution in [0.2, 0.25) is 0 Å². The molecule has 94 valence electrons. The fourth-order valence-corrected chi connectivity index (χ4v) is 1.54. The molecule has 2 nitrogen and oxygen atoms in total. The van der Waals surface area contributed by atoms with Gasteiger partial charge in [0.05, 0.1) is 0 Å². The number of hydrogen-bond acceptors (Lipinski definition) is 2. The van der Waals surface area contributed by atoms with Gasteiger partial charge < -0.3 is 4.74 Å². The van der Waals surface area contributed by atoms with Crippen molar-refractivity contribution in [3.63, 3.8) is 0 Å². The van der Waals surface area contributed by atoms with Crippen molar-refractivity contribution in [3.05, 3.63) is 29.8 Å². The Balaban J connectivity index is 2.64. The highest BCUT2D eigenvalue weighted by Gasteiger charge is 2.12. The lowest BCUT2D eigenvalue weighted by molar-refractivity contribution is 0.0979. The van der Waals surface area contributed by atoms with Crippen LogP contribution in [0.3, 0.4) is 0 Å². The van der Waals surface area contributed by atoms with Gasteiger partial charge in [0.1, 0.15) is 11.4 Å². The van der Waals surface area contributed by atoms with E-state index in [1.807, 2.05) is 45.0 Å². The lowest BCUT2D eigenvalue weighted by atomic mass is 10.1. The standard InChI is InChI=1S/C15H22O2/c1-5-6-7-14(16)12-8-10-13(11-9-12)17-15(2,3)4/h8-11H,5-7H2,1-4H3. The minimum Gasteiger partial charge on any atom is -0.488 e. The molecular formula is C15H22O2. The maximum absolute atomic E-state index is 11.8. The molecule has 0 bridgehead atoms. The number of unbranched alkanes of at least 4 members (excludes halogenated alkanes) is 1. The molecule has 0 fully saturated rings. The summed E-state index contributed by atoms with van der Waals surface area (Å²) in [4.78, 5) is 11.8. The lowest BCUT2D eigenvalue weighted by Gasteiger charge is -2.21. The average Bonchev–Trinajstić information content (AvgIpc) is 2.24. The predicted octanol–water partition coefficient (Wildman–Crippen LogP) is 4.24. The van der Waals surface area contributed by atoms with E-state index < -0.39 is 0 Å². The first-order valence-corrected chi connectivity index (χ1v) is 6.24. The first-order chi connectivity index (χ1) is 7.92. The van der Waals surface area contributed by atoms with Crippen molar-refractivity contribution in [1.82, 2.24) is 0 Å². The van der Waals surface area contributed by atoms with E-state index in [9.17, 15) is 4.79 Å². The molecule has 0 N–H and O–H groups in total. The second kappa shape index (κ2) is 5.85. The molecule has 0 radical (unpaired) electrons. The molecule has 17 heavy (non-hydrogen) atoms. The number of ketones is 1. The first-order valence-electron chi connectivity index (χ1n) is 6.24. The van der Waals surface area contributed by atoms with E-state index in [0.717, 1.165) is 24.2 Å². The monoisotopic (exact) mass is 234 g/mol. The molecule has 0 aliphatic rings. The molecule has 0 atom stereocenters. The van der Waals surface area contributed by atoms with Crippen molar-refractivity contribution >= 4 is 5.78 Å². The van der Waals surface area contributed by atoms with E-state index in [4.69, 9.17) is 4.74 Å². The summed E-state index contributed by atoms with van der Waals surface area (Å²) in [6.45, 7) is 8.11. The van der Waals surface area contributed by atoms with Gasteiger partial charge in [-0.3, -0.25) is 4.79 Å². The Morgan fingerprint density at radius 1 is 1.18 bits per heavy atom. The van der Waals surface area contributed by atoms with Crippen molar-refractivity contribution < 1.29 is 9.53 Å². The van der Waals surface area contributed by atoms with Crippen LogP contribution in [0.25, 0.3) is 0 Å². The van der Waals surface area contributed by atoms with Crippen LogP contribution in [0.1, 0.15) is 57.3 Å². The maximum Gasteiger partial charge on any atom is 0.162 e. The molecule has 0 saturated heterocycles. The van der Waals surface area contributed by atoms with Crippen LogP contribution in [-0.2, 0) is 0 Å². The summed E-state index contributed by atoms with van der Waals surface area (Å²) in [6.07, 6.45) is 2.64. The van der Waals surface area contributed by atoms with E-state index in [0.29, 0.717) is 6.42 Å². The minimum absolute atomic E-state index is 0.201. The SMILES string of the molecule is CCCCC(=O)c1ccc(OC(C)(C)C)cc1. The molecule has 0 heterocycles. The third-order valence-electron chi connectivity index (χ3n) is 2.36. The Morgan fingerprint density at radius 3 is 2.24 bits per heavy atom. The third kappa shape index (κ3) is 5.03. The summed E-state index contributed by atoms with van der Waals surface area (Å²) in [5, 5.41) is 0. The highest BCUT2D eigenvalue weighted by Crippen LogP contribution is 2.19. The zero-order valence-corrected chi connectivity index (χ0v) is 11.2. The number of Topliss-reactive ketones (excluding diaryl/α,β-unsaturated/α-hetero) is 1. The Labute approximate surface area is 104 Å². The van der Waals surface area contributed by atoms with Gasteiger partial charge >= 0.3 is 0 Å². The summed E-state index contributed by atoms with van der Waals surface area (Å²) >= 11 is 0. The van der Waals surface area contributed by atoms with Crippen molar-refractivity contribution in [3.8, 4) is 5.75 Å². The fraction of sp³-hybridized carbons (Fsp3) is 0.533. The van der Waals surface area contributed by atoms with Crippen molar-refractivity contribution in [1.29, 1.82) is 0 Å². The molecule has 1 rings (SSSR count). The van der Waals surface area contributed by atoms with Crippen LogP contribution in [0.5, 0.6) is 5.75 Å². The van der Waals surface area contributed by atoms with Crippen LogP contribution in [0, 0.1) is 0 Å².